The van der Waals surface area contributed by atoms with Crippen molar-refractivity contribution in [3.63, 3.8) is 0 Å². The highest BCUT2D eigenvalue weighted by atomic mass is 79.9. The van der Waals surface area contributed by atoms with Gasteiger partial charge in [0.25, 0.3) is 0 Å². The summed E-state index contributed by atoms with van der Waals surface area (Å²) in [5, 5.41) is 17.7. The van der Waals surface area contributed by atoms with Crippen molar-refractivity contribution in [2.45, 2.75) is 25.4 Å². The predicted octanol–water partition coefficient (Wildman–Crippen LogP) is 3.08. The molecule has 2 rings (SSSR count). The van der Waals surface area contributed by atoms with Crippen LogP contribution in [0.4, 0.5) is 0 Å². The first kappa shape index (κ1) is 15.1. The normalized spacial score (nSPS) is 10.8. The van der Waals surface area contributed by atoms with Crippen molar-refractivity contribution in [1.29, 1.82) is 0 Å². The number of aryl methyl sites for hydroxylation is 2. The standard InChI is InChI=1S/C13H14BrN3O2S/c1-3-11-15-16-13(20-7-12(18)19)17(11)10-5-4-9(14)6-8(10)2/h4-6H,3,7H2,1-2H3,(H,18,19). The molecule has 0 saturated heterocycles. The van der Waals surface area contributed by atoms with Gasteiger partial charge >= 0.3 is 5.97 Å². The third kappa shape index (κ3) is 3.21. The number of hydrogen-bond acceptors (Lipinski definition) is 4. The van der Waals surface area contributed by atoms with E-state index < -0.39 is 5.97 Å². The largest absolute Gasteiger partial charge is 0.481 e. The Morgan fingerprint density at radius 3 is 2.80 bits per heavy atom. The second kappa shape index (κ2) is 6.41. The molecule has 0 unspecified atom stereocenters. The number of carboxylic acid groups (broad SMARTS) is 1. The van der Waals surface area contributed by atoms with Crippen LogP contribution in [0.5, 0.6) is 0 Å². The van der Waals surface area contributed by atoms with E-state index in [1.54, 1.807) is 0 Å². The van der Waals surface area contributed by atoms with Crippen LogP contribution < -0.4 is 0 Å². The number of rotatable bonds is 5. The fourth-order valence-corrected chi connectivity index (χ4v) is 3.02. The van der Waals surface area contributed by atoms with E-state index in [0.29, 0.717) is 5.16 Å². The van der Waals surface area contributed by atoms with E-state index in [-0.39, 0.29) is 5.75 Å². The van der Waals surface area contributed by atoms with E-state index in [1.165, 1.54) is 11.8 Å². The molecule has 0 saturated carbocycles. The van der Waals surface area contributed by atoms with E-state index in [4.69, 9.17) is 5.11 Å². The maximum Gasteiger partial charge on any atom is 0.313 e. The molecule has 0 atom stereocenters. The van der Waals surface area contributed by atoms with Crippen LogP contribution in [0.2, 0.25) is 0 Å². The second-order valence-electron chi connectivity index (χ2n) is 4.20. The molecule has 1 N–H and O–H groups in total. The highest BCUT2D eigenvalue weighted by molar-refractivity contribution is 9.10. The molecule has 20 heavy (non-hydrogen) atoms. The molecule has 1 heterocycles. The Hall–Kier alpha value is -1.34. The van der Waals surface area contributed by atoms with Gasteiger partial charge in [-0.25, -0.2) is 0 Å². The summed E-state index contributed by atoms with van der Waals surface area (Å²) in [5.74, 6) is -0.0734. The molecule has 7 heteroatoms. The smallest absolute Gasteiger partial charge is 0.313 e. The summed E-state index contributed by atoms with van der Waals surface area (Å²) in [5.41, 5.74) is 2.05. The summed E-state index contributed by atoms with van der Waals surface area (Å²) < 4.78 is 2.93. The van der Waals surface area contributed by atoms with Crippen molar-refractivity contribution < 1.29 is 9.90 Å². The van der Waals surface area contributed by atoms with Gasteiger partial charge in [-0.15, -0.1) is 10.2 Å². The quantitative estimate of drug-likeness (QED) is 0.834. The van der Waals surface area contributed by atoms with Gasteiger partial charge in [-0.1, -0.05) is 34.6 Å². The van der Waals surface area contributed by atoms with Crippen molar-refractivity contribution in [3.05, 3.63) is 34.1 Å². The molecule has 1 aromatic heterocycles. The van der Waals surface area contributed by atoms with E-state index in [9.17, 15) is 4.79 Å². The number of aliphatic carboxylic acids is 1. The maximum absolute atomic E-state index is 10.7. The highest BCUT2D eigenvalue weighted by Gasteiger charge is 2.15. The van der Waals surface area contributed by atoms with Crippen LogP contribution in [0, 0.1) is 6.92 Å². The van der Waals surface area contributed by atoms with Crippen molar-refractivity contribution in [2.75, 3.05) is 5.75 Å². The van der Waals surface area contributed by atoms with E-state index in [0.717, 1.165) is 28.0 Å². The van der Waals surface area contributed by atoms with Gasteiger partial charge in [-0.2, -0.15) is 0 Å². The van der Waals surface area contributed by atoms with Crippen LogP contribution in [0.25, 0.3) is 5.69 Å². The van der Waals surface area contributed by atoms with Gasteiger partial charge in [0.1, 0.15) is 5.82 Å². The minimum absolute atomic E-state index is 0.0303. The van der Waals surface area contributed by atoms with E-state index in [2.05, 4.69) is 26.1 Å². The Morgan fingerprint density at radius 1 is 1.45 bits per heavy atom. The van der Waals surface area contributed by atoms with Crippen LogP contribution >= 0.6 is 27.7 Å². The number of carboxylic acids is 1. The van der Waals surface area contributed by atoms with Crippen molar-refractivity contribution in [2.24, 2.45) is 0 Å². The zero-order valence-electron chi connectivity index (χ0n) is 11.1. The predicted molar refractivity (Wildman–Crippen MR) is 81.5 cm³/mol. The Labute approximate surface area is 129 Å². The monoisotopic (exact) mass is 355 g/mol. The molecule has 5 nitrogen and oxygen atoms in total. The Morgan fingerprint density at radius 2 is 2.20 bits per heavy atom. The summed E-state index contributed by atoms with van der Waals surface area (Å²) in [4.78, 5) is 10.7. The summed E-state index contributed by atoms with van der Waals surface area (Å²) in [6.07, 6.45) is 0.732. The minimum Gasteiger partial charge on any atom is -0.481 e. The van der Waals surface area contributed by atoms with Crippen LogP contribution in [0.1, 0.15) is 18.3 Å². The first-order valence-electron chi connectivity index (χ1n) is 6.08. The number of carbonyl (C=O) groups is 1. The van der Waals surface area contributed by atoms with Crippen molar-refractivity contribution in [1.82, 2.24) is 14.8 Å². The zero-order chi connectivity index (χ0) is 14.7. The van der Waals surface area contributed by atoms with Gasteiger partial charge in [0.15, 0.2) is 5.16 Å². The lowest BCUT2D eigenvalue weighted by Crippen LogP contribution is -2.05. The minimum atomic E-state index is -0.866. The molecular weight excluding hydrogens is 342 g/mol. The van der Waals surface area contributed by atoms with Gasteiger partial charge in [-0.3, -0.25) is 9.36 Å². The Kier molecular flexibility index (Phi) is 4.82. The zero-order valence-corrected chi connectivity index (χ0v) is 13.5. The number of halogens is 1. The number of nitrogens with zero attached hydrogens (tertiary/aromatic N) is 3. The number of aromatic nitrogens is 3. The summed E-state index contributed by atoms with van der Waals surface area (Å²) in [7, 11) is 0. The average Bonchev–Trinajstić information content (AvgIpc) is 2.79. The highest BCUT2D eigenvalue weighted by Crippen LogP contribution is 2.26. The molecule has 0 amide bonds. The van der Waals surface area contributed by atoms with Crippen LogP contribution in [-0.4, -0.2) is 31.6 Å². The van der Waals surface area contributed by atoms with Crippen molar-refractivity contribution in [3.8, 4) is 5.69 Å². The number of benzene rings is 1. The number of thioether (sulfide) groups is 1. The summed E-state index contributed by atoms with van der Waals surface area (Å²) in [6.45, 7) is 4.01. The number of hydrogen-bond donors (Lipinski definition) is 1. The second-order valence-corrected chi connectivity index (χ2v) is 6.06. The first-order valence-corrected chi connectivity index (χ1v) is 7.86. The molecule has 106 valence electrons. The topological polar surface area (TPSA) is 68.0 Å². The molecule has 0 radical (unpaired) electrons. The Balaban J connectivity index is 2.47. The fourth-order valence-electron chi connectivity index (χ4n) is 1.86. The Bertz CT molecular complexity index is 643. The van der Waals surface area contributed by atoms with Crippen LogP contribution in [0.3, 0.4) is 0 Å². The fraction of sp³-hybridized carbons (Fsp3) is 0.308. The third-order valence-electron chi connectivity index (χ3n) is 2.74. The lowest BCUT2D eigenvalue weighted by molar-refractivity contribution is -0.133. The SMILES string of the molecule is CCc1nnc(SCC(=O)O)n1-c1ccc(Br)cc1C. The average molecular weight is 356 g/mol. The molecule has 0 aliphatic carbocycles. The molecule has 0 bridgehead atoms. The van der Waals surface area contributed by atoms with Gasteiger partial charge in [0.2, 0.25) is 0 Å². The molecule has 1 aromatic carbocycles. The van der Waals surface area contributed by atoms with Crippen LogP contribution in [-0.2, 0) is 11.2 Å². The lowest BCUT2D eigenvalue weighted by atomic mass is 10.2. The molecule has 2 aromatic rings. The van der Waals surface area contributed by atoms with Gasteiger partial charge < -0.3 is 5.11 Å². The summed E-state index contributed by atoms with van der Waals surface area (Å²) in [6, 6.07) is 5.95. The first-order chi connectivity index (χ1) is 9.52. The van der Waals surface area contributed by atoms with Gasteiger partial charge in [0.05, 0.1) is 11.4 Å². The lowest BCUT2D eigenvalue weighted by Gasteiger charge is -2.12. The van der Waals surface area contributed by atoms with E-state index >= 15 is 0 Å². The molecule has 0 aliphatic heterocycles. The molecule has 0 fully saturated rings. The van der Waals surface area contributed by atoms with Gasteiger partial charge in [-0.05, 0) is 30.7 Å². The van der Waals surface area contributed by atoms with Crippen LogP contribution in [0.15, 0.2) is 27.8 Å². The van der Waals surface area contributed by atoms with Gasteiger partial charge in [0, 0.05) is 10.9 Å². The molecular formula is C13H14BrN3O2S. The molecule has 0 spiro atoms. The third-order valence-corrected chi connectivity index (χ3v) is 4.15. The molecule has 0 aliphatic rings. The van der Waals surface area contributed by atoms with Crippen molar-refractivity contribution >= 4 is 33.7 Å². The van der Waals surface area contributed by atoms with E-state index in [1.807, 2.05) is 36.6 Å². The summed E-state index contributed by atoms with van der Waals surface area (Å²) >= 11 is 4.62. The maximum atomic E-state index is 10.7.